The molecule has 15 heavy (non-hydrogen) atoms. The van der Waals surface area contributed by atoms with Crippen molar-refractivity contribution in [2.24, 2.45) is 0 Å². The van der Waals surface area contributed by atoms with Gasteiger partial charge < -0.3 is 0 Å². The molecule has 5 heteroatoms. The molecule has 0 heterocycles. The Kier molecular flexibility index (Phi) is 3.73. The molecule has 0 aromatic heterocycles. The summed E-state index contributed by atoms with van der Waals surface area (Å²) in [5.74, 6) is 2.41. The summed E-state index contributed by atoms with van der Waals surface area (Å²) in [4.78, 5) is -0.292. The zero-order valence-corrected chi connectivity index (χ0v) is 10.9. The molecule has 0 saturated heterocycles. The Morgan fingerprint density at radius 3 is 2.60 bits per heavy atom. The van der Waals surface area contributed by atoms with Gasteiger partial charge in [0.1, 0.15) is 4.90 Å². The lowest BCUT2D eigenvalue weighted by Crippen LogP contribution is -2.00. The van der Waals surface area contributed by atoms with Crippen LogP contribution in [-0.2, 0) is 16.6 Å². The largest absolute Gasteiger partial charge is 0.332 e. The Labute approximate surface area is 102 Å². The summed E-state index contributed by atoms with van der Waals surface area (Å²) in [5, 5.41) is 0. The fourth-order valence-corrected chi connectivity index (χ4v) is 2.92. The number of hydrogen-bond donors (Lipinski definition) is 0. The van der Waals surface area contributed by atoms with E-state index in [1.807, 2.05) is 22.6 Å². The highest BCUT2D eigenvalue weighted by Crippen LogP contribution is 2.24. The van der Waals surface area contributed by atoms with Gasteiger partial charge in [-0.05, 0) is 52.8 Å². The molecule has 0 aliphatic carbocycles. The van der Waals surface area contributed by atoms with Crippen LogP contribution in [0.3, 0.4) is 0 Å². The molecule has 0 aliphatic heterocycles. The van der Waals surface area contributed by atoms with Gasteiger partial charge >= 0.3 is 10.2 Å². The summed E-state index contributed by atoms with van der Waals surface area (Å²) in [6.07, 6.45) is 5.44. The van der Waals surface area contributed by atoms with Crippen LogP contribution in [0.2, 0.25) is 0 Å². The van der Waals surface area contributed by atoms with Crippen molar-refractivity contribution >= 4 is 32.8 Å². The Balaban J connectivity index is 3.50. The van der Waals surface area contributed by atoms with Crippen molar-refractivity contribution in [3.63, 3.8) is 0 Å². The third kappa shape index (κ3) is 2.92. The summed E-state index contributed by atoms with van der Waals surface area (Å²) in [5.41, 5.74) is 1.05. The van der Waals surface area contributed by atoms with E-state index >= 15 is 0 Å². The zero-order chi connectivity index (χ0) is 11.6. The lowest BCUT2D eigenvalue weighted by atomic mass is 10.1. The van der Waals surface area contributed by atoms with Crippen molar-refractivity contribution in [3.8, 4) is 12.3 Å². The highest BCUT2D eigenvalue weighted by atomic mass is 127. The van der Waals surface area contributed by atoms with E-state index in [1.165, 1.54) is 6.07 Å². The SMILES string of the molecule is C#CCc1cc(I)cc(S(=O)(=O)F)c1C. The Morgan fingerprint density at radius 1 is 1.53 bits per heavy atom. The summed E-state index contributed by atoms with van der Waals surface area (Å²) in [7, 11) is -4.67. The second-order valence-corrected chi connectivity index (χ2v) is 5.57. The highest BCUT2D eigenvalue weighted by molar-refractivity contribution is 14.1. The first-order valence-corrected chi connectivity index (χ1v) is 6.49. The van der Waals surface area contributed by atoms with Crippen LogP contribution in [0.4, 0.5) is 3.89 Å². The van der Waals surface area contributed by atoms with E-state index in [4.69, 9.17) is 6.42 Å². The number of halogens is 2. The van der Waals surface area contributed by atoms with E-state index in [9.17, 15) is 12.3 Å². The Bertz CT molecular complexity index is 529. The van der Waals surface area contributed by atoms with Crippen LogP contribution in [0.1, 0.15) is 11.1 Å². The van der Waals surface area contributed by atoms with E-state index in [-0.39, 0.29) is 4.90 Å². The van der Waals surface area contributed by atoms with Gasteiger partial charge in [0.05, 0.1) is 0 Å². The first-order valence-electron chi connectivity index (χ1n) is 4.03. The Morgan fingerprint density at radius 2 is 2.13 bits per heavy atom. The van der Waals surface area contributed by atoms with Gasteiger partial charge in [-0.25, -0.2) is 0 Å². The molecule has 0 bridgehead atoms. The number of hydrogen-bond acceptors (Lipinski definition) is 2. The molecule has 0 saturated carbocycles. The van der Waals surface area contributed by atoms with Crippen LogP contribution in [0, 0.1) is 22.8 Å². The van der Waals surface area contributed by atoms with Crippen LogP contribution >= 0.6 is 22.6 Å². The molecule has 0 amide bonds. The predicted octanol–water partition coefficient (Wildman–Crippen LogP) is 2.43. The maximum Gasteiger partial charge on any atom is 0.332 e. The minimum absolute atomic E-state index is 0.292. The zero-order valence-electron chi connectivity index (χ0n) is 7.92. The van der Waals surface area contributed by atoms with Gasteiger partial charge in [0, 0.05) is 9.99 Å². The van der Waals surface area contributed by atoms with E-state index in [2.05, 4.69) is 5.92 Å². The minimum Gasteiger partial charge on any atom is -0.189 e. The lowest BCUT2D eigenvalue weighted by Gasteiger charge is -2.07. The summed E-state index contributed by atoms with van der Waals surface area (Å²) >= 11 is 1.93. The van der Waals surface area contributed by atoms with E-state index in [0.717, 1.165) is 0 Å². The molecule has 1 rings (SSSR count). The molecule has 0 atom stereocenters. The van der Waals surface area contributed by atoms with E-state index in [0.29, 0.717) is 21.1 Å². The summed E-state index contributed by atoms with van der Waals surface area (Å²) in [6, 6.07) is 3.05. The van der Waals surface area contributed by atoms with E-state index < -0.39 is 10.2 Å². The molecule has 1 aromatic rings. The molecule has 0 aliphatic rings. The number of terminal acetylenes is 1. The number of benzene rings is 1. The molecule has 2 nitrogen and oxygen atoms in total. The monoisotopic (exact) mass is 338 g/mol. The average molecular weight is 338 g/mol. The van der Waals surface area contributed by atoms with Crippen LogP contribution in [0.5, 0.6) is 0 Å². The molecule has 0 N–H and O–H groups in total. The fourth-order valence-electron chi connectivity index (χ4n) is 1.25. The van der Waals surface area contributed by atoms with Crippen molar-refractivity contribution in [1.82, 2.24) is 0 Å². The van der Waals surface area contributed by atoms with Gasteiger partial charge in [0.15, 0.2) is 0 Å². The van der Waals surface area contributed by atoms with Crippen molar-refractivity contribution in [2.45, 2.75) is 18.2 Å². The smallest absolute Gasteiger partial charge is 0.189 e. The third-order valence-electron chi connectivity index (χ3n) is 1.99. The number of rotatable bonds is 2. The summed E-state index contributed by atoms with van der Waals surface area (Å²) < 4.78 is 35.2. The van der Waals surface area contributed by atoms with E-state index in [1.54, 1.807) is 13.0 Å². The van der Waals surface area contributed by atoms with Gasteiger partial charge in [-0.15, -0.1) is 16.2 Å². The fraction of sp³-hybridized carbons (Fsp3) is 0.200. The molecule has 80 valence electrons. The van der Waals surface area contributed by atoms with Crippen LogP contribution in [-0.4, -0.2) is 8.42 Å². The molecule has 0 unspecified atom stereocenters. The van der Waals surface area contributed by atoms with Crippen LogP contribution < -0.4 is 0 Å². The highest BCUT2D eigenvalue weighted by Gasteiger charge is 2.18. The van der Waals surface area contributed by atoms with Crippen LogP contribution in [0.25, 0.3) is 0 Å². The van der Waals surface area contributed by atoms with Gasteiger partial charge in [0.25, 0.3) is 0 Å². The molecule has 1 aromatic carbocycles. The van der Waals surface area contributed by atoms with Crippen molar-refractivity contribution in [2.75, 3.05) is 0 Å². The molecular weight excluding hydrogens is 330 g/mol. The van der Waals surface area contributed by atoms with Gasteiger partial charge in [0.2, 0.25) is 0 Å². The molecule has 0 radical (unpaired) electrons. The topological polar surface area (TPSA) is 34.1 Å². The second kappa shape index (κ2) is 4.49. The van der Waals surface area contributed by atoms with Crippen LogP contribution in [0.15, 0.2) is 17.0 Å². The van der Waals surface area contributed by atoms with Crippen molar-refractivity contribution < 1.29 is 12.3 Å². The average Bonchev–Trinajstić information content (AvgIpc) is 2.09. The van der Waals surface area contributed by atoms with Gasteiger partial charge in [-0.2, -0.15) is 8.42 Å². The minimum atomic E-state index is -4.67. The quantitative estimate of drug-likeness (QED) is 0.472. The predicted molar refractivity (Wildman–Crippen MR) is 64.7 cm³/mol. The standard InChI is InChI=1S/C10H8FIO2S/c1-3-4-8-5-9(12)6-10(7(8)2)15(11,13)14/h1,5-6H,4H2,2H3. The normalized spacial score (nSPS) is 11.1. The Hall–Kier alpha value is -0.610. The molecular formula is C10H8FIO2S. The van der Waals surface area contributed by atoms with Gasteiger partial charge in [-0.3, -0.25) is 0 Å². The first kappa shape index (κ1) is 12.5. The molecule has 0 fully saturated rings. The van der Waals surface area contributed by atoms with Crippen molar-refractivity contribution in [3.05, 3.63) is 26.8 Å². The summed E-state index contributed by atoms with van der Waals surface area (Å²) in [6.45, 7) is 1.55. The molecule has 0 spiro atoms. The maximum absolute atomic E-state index is 12.9. The van der Waals surface area contributed by atoms with Crippen molar-refractivity contribution in [1.29, 1.82) is 0 Å². The first-order chi connectivity index (χ1) is 6.86. The van der Waals surface area contributed by atoms with Gasteiger partial charge in [-0.1, -0.05) is 0 Å². The lowest BCUT2D eigenvalue weighted by molar-refractivity contribution is 0.551. The third-order valence-corrected chi connectivity index (χ3v) is 3.56. The maximum atomic E-state index is 12.9. The second-order valence-electron chi connectivity index (χ2n) is 3.01.